The Hall–Kier alpha value is -1.57. The summed E-state index contributed by atoms with van der Waals surface area (Å²) < 4.78 is 5.45. The first-order valence-electron chi connectivity index (χ1n) is 5.77. The van der Waals surface area contributed by atoms with Crippen molar-refractivity contribution in [2.45, 2.75) is 31.3 Å². The van der Waals surface area contributed by atoms with Crippen molar-refractivity contribution >= 4 is 5.78 Å². The number of ether oxygens (including phenoxy) is 1. The van der Waals surface area contributed by atoms with Crippen molar-refractivity contribution in [3.63, 3.8) is 0 Å². The van der Waals surface area contributed by atoms with E-state index < -0.39 is 0 Å². The average Bonchev–Trinajstić information content (AvgIpc) is 3.13. The first-order chi connectivity index (χ1) is 7.83. The zero-order valence-electron chi connectivity index (χ0n) is 9.06. The van der Waals surface area contributed by atoms with Gasteiger partial charge < -0.3 is 4.74 Å². The monoisotopic (exact) mass is 214 g/mol. The lowest BCUT2D eigenvalue weighted by atomic mass is 10.0. The molecule has 0 radical (unpaired) electrons. The highest BCUT2D eigenvalue weighted by atomic mass is 16.5. The van der Waals surface area contributed by atoms with Gasteiger partial charge >= 0.3 is 0 Å². The van der Waals surface area contributed by atoms with E-state index in [2.05, 4.69) is 24.3 Å². The van der Waals surface area contributed by atoms with Crippen molar-refractivity contribution in [2.75, 3.05) is 0 Å². The minimum atomic E-state index is -0.0919. The summed E-state index contributed by atoms with van der Waals surface area (Å²) in [5, 5.41) is 0. The maximum absolute atomic E-state index is 11.3. The number of carbonyl (C=O) groups is 1. The van der Waals surface area contributed by atoms with Crippen LogP contribution in [0.3, 0.4) is 0 Å². The molecule has 1 aromatic rings. The lowest BCUT2D eigenvalue weighted by Crippen LogP contribution is -2.11. The summed E-state index contributed by atoms with van der Waals surface area (Å²) in [5.74, 6) is 0.922. The summed E-state index contributed by atoms with van der Waals surface area (Å²) in [6.45, 7) is 0. The number of hydrogen-bond acceptors (Lipinski definition) is 2. The van der Waals surface area contributed by atoms with Crippen LogP contribution >= 0.6 is 0 Å². The molecule has 0 saturated heterocycles. The minimum absolute atomic E-state index is 0.0919. The van der Waals surface area contributed by atoms with Gasteiger partial charge in [-0.25, -0.2) is 0 Å². The van der Waals surface area contributed by atoms with Crippen LogP contribution in [-0.4, -0.2) is 5.78 Å². The number of ketones is 1. The number of allylic oxidation sites excluding steroid dienone is 1. The van der Waals surface area contributed by atoms with Crippen LogP contribution in [0.5, 0.6) is 0 Å². The third-order valence-corrected chi connectivity index (χ3v) is 3.24. The van der Waals surface area contributed by atoms with E-state index in [0.717, 1.165) is 11.5 Å². The fourth-order valence-corrected chi connectivity index (χ4v) is 2.10. The van der Waals surface area contributed by atoms with E-state index in [-0.39, 0.29) is 11.9 Å². The van der Waals surface area contributed by atoms with Gasteiger partial charge in [-0.15, -0.1) is 0 Å². The summed E-state index contributed by atoms with van der Waals surface area (Å²) >= 11 is 0. The van der Waals surface area contributed by atoms with Crippen LogP contribution in [0.1, 0.15) is 42.4 Å². The first kappa shape index (κ1) is 9.64. The van der Waals surface area contributed by atoms with E-state index in [1.807, 2.05) is 0 Å². The molecule has 1 fully saturated rings. The lowest BCUT2D eigenvalue weighted by Gasteiger charge is -2.19. The predicted molar refractivity (Wildman–Crippen MR) is 61.0 cm³/mol. The fraction of sp³-hybridized carbons (Fsp3) is 0.357. The molecule has 1 aliphatic carbocycles. The molecule has 16 heavy (non-hydrogen) atoms. The molecular formula is C14H14O2. The second-order valence-corrected chi connectivity index (χ2v) is 4.54. The Morgan fingerprint density at radius 2 is 1.75 bits per heavy atom. The molecule has 2 heteroatoms. The highest BCUT2D eigenvalue weighted by Crippen LogP contribution is 2.40. The molecule has 3 rings (SSSR count). The molecule has 0 amide bonds. The van der Waals surface area contributed by atoms with Crippen LogP contribution < -0.4 is 0 Å². The summed E-state index contributed by atoms with van der Waals surface area (Å²) in [4.78, 5) is 11.3. The van der Waals surface area contributed by atoms with Gasteiger partial charge in [-0.2, -0.15) is 0 Å². The van der Waals surface area contributed by atoms with Gasteiger partial charge in [0.25, 0.3) is 0 Å². The largest absolute Gasteiger partial charge is 0.493 e. The van der Waals surface area contributed by atoms with Gasteiger partial charge in [0.15, 0.2) is 5.78 Å². The summed E-state index contributed by atoms with van der Waals surface area (Å²) in [6, 6.07) is 8.51. The van der Waals surface area contributed by atoms with Crippen LogP contribution in [-0.2, 0) is 9.53 Å². The van der Waals surface area contributed by atoms with Crippen LogP contribution in [0.25, 0.3) is 0 Å². The molecule has 2 nitrogen and oxygen atoms in total. The topological polar surface area (TPSA) is 26.3 Å². The maximum Gasteiger partial charge on any atom is 0.162 e. The number of benzene rings is 1. The molecule has 1 saturated carbocycles. The quantitative estimate of drug-likeness (QED) is 0.756. The number of rotatable bonds is 2. The van der Waals surface area contributed by atoms with Gasteiger partial charge in [-0.05, 0) is 29.9 Å². The summed E-state index contributed by atoms with van der Waals surface area (Å²) in [6.07, 6.45) is 6.01. The molecule has 82 valence electrons. The first-order valence-corrected chi connectivity index (χ1v) is 5.77. The van der Waals surface area contributed by atoms with Gasteiger partial charge in [-0.1, -0.05) is 24.3 Å². The Kier molecular flexibility index (Phi) is 2.28. The second-order valence-electron chi connectivity index (χ2n) is 4.54. The van der Waals surface area contributed by atoms with E-state index in [4.69, 9.17) is 4.74 Å². The molecule has 1 heterocycles. The number of hydrogen-bond donors (Lipinski definition) is 0. The predicted octanol–water partition coefficient (Wildman–Crippen LogP) is 3.11. The van der Waals surface area contributed by atoms with Crippen LogP contribution in [0.15, 0.2) is 36.6 Å². The Bertz CT molecular complexity index is 427. The summed E-state index contributed by atoms with van der Waals surface area (Å²) in [7, 11) is 0. The molecule has 2 aliphatic rings. The SMILES string of the molecule is O=C1C=COC(c2ccc(C3CC3)cc2)C1. The molecule has 0 bridgehead atoms. The molecule has 1 aliphatic heterocycles. The van der Waals surface area contributed by atoms with Crippen molar-refractivity contribution < 1.29 is 9.53 Å². The van der Waals surface area contributed by atoms with Crippen molar-refractivity contribution in [3.8, 4) is 0 Å². The third kappa shape index (κ3) is 1.87. The van der Waals surface area contributed by atoms with Gasteiger partial charge in [0.05, 0.1) is 12.7 Å². The van der Waals surface area contributed by atoms with Crippen molar-refractivity contribution in [2.24, 2.45) is 0 Å². The van der Waals surface area contributed by atoms with Crippen molar-refractivity contribution in [3.05, 3.63) is 47.7 Å². The Morgan fingerprint density at radius 1 is 1.06 bits per heavy atom. The Balaban J connectivity index is 1.78. The molecule has 0 spiro atoms. The Morgan fingerprint density at radius 3 is 2.38 bits per heavy atom. The number of carbonyl (C=O) groups excluding carboxylic acids is 1. The van der Waals surface area contributed by atoms with E-state index in [9.17, 15) is 4.79 Å². The second kappa shape index (κ2) is 3.78. The van der Waals surface area contributed by atoms with Gasteiger partial charge in [0.2, 0.25) is 0 Å². The zero-order valence-corrected chi connectivity index (χ0v) is 9.06. The average molecular weight is 214 g/mol. The summed E-state index contributed by atoms with van der Waals surface area (Å²) in [5.41, 5.74) is 2.52. The smallest absolute Gasteiger partial charge is 0.162 e. The third-order valence-electron chi connectivity index (χ3n) is 3.24. The zero-order chi connectivity index (χ0) is 11.0. The van der Waals surface area contributed by atoms with Crippen molar-refractivity contribution in [1.29, 1.82) is 0 Å². The van der Waals surface area contributed by atoms with Crippen LogP contribution in [0, 0.1) is 0 Å². The fourth-order valence-electron chi connectivity index (χ4n) is 2.10. The normalized spacial score (nSPS) is 24.2. The van der Waals surface area contributed by atoms with E-state index >= 15 is 0 Å². The van der Waals surface area contributed by atoms with E-state index in [1.54, 1.807) is 0 Å². The van der Waals surface area contributed by atoms with Gasteiger partial charge in [0.1, 0.15) is 6.10 Å². The minimum Gasteiger partial charge on any atom is -0.493 e. The van der Waals surface area contributed by atoms with Gasteiger partial charge in [-0.3, -0.25) is 4.79 Å². The maximum atomic E-state index is 11.3. The van der Waals surface area contributed by atoms with E-state index in [1.165, 1.54) is 30.7 Å². The van der Waals surface area contributed by atoms with Crippen molar-refractivity contribution in [1.82, 2.24) is 0 Å². The lowest BCUT2D eigenvalue weighted by molar-refractivity contribution is -0.118. The van der Waals surface area contributed by atoms with Gasteiger partial charge in [0, 0.05) is 6.08 Å². The highest BCUT2D eigenvalue weighted by molar-refractivity contribution is 5.90. The van der Waals surface area contributed by atoms with E-state index in [0.29, 0.717) is 6.42 Å². The van der Waals surface area contributed by atoms with Crippen LogP contribution in [0.2, 0.25) is 0 Å². The molecular weight excluding hydrogens is 200 g/mol. The standard InChI is InChI=1S/C14H14O2/c15-13-7-8-16-14(9-13)12-5-3-11(4-6-12)10-1-2-10/h3-8,10,14H,1-2,9H2. The molecule has 1 aromatic carbocycles. The molecule has 1 atom stereocenters. The molecule has 1 unspecified atom stereocenters. The Labute approximate surface area is 94.9 Å². The molecule has 0 N–H and O–H groups in total. The van der Waals surface area contributed by atoms with Crippen LogP contribution in [0.4, 0.5) is 0 Å². The molecule has 0 aromatic heterocycles. The highest BCUT2D eigenvalue weighted by Gasteiger charge is 2.24.